The van der Waals surface area contributed by atoms with E-state index in [1.807, 2.05) is 0 Å². The van der Waals surface area contributed by atoms with E-state index >= 15 is 0 Å². The molecule has 2 N–H and O–H groups in total. The van der Waals surface area contributed by atoms with Crippen LogP contribution in [0.5, 0.6) is 0 Å². The topological polar surface area (TPSA) is 29.3 Å². The molecule has 1 fully saturated rings. The zero-order valence-electron chi connectivity index (χ0n) is 10.9. The highest BCUT2D eigenvalue weighted by molar-refractivity contribution is 7.07. The second-order valence-corrected chi connectivity index (χ2v) is 5.91. The molecule has 0 aliphatic heterocycles. The highest BCUT2D eigenvalue weighted by Gasteiger charge is 2.30. The van der Waals surface area contributed by atoms with E-state index in [1.165, 1.54) is 31.2 Å². The van der Waals surface area contributed by atoms with E-state index in [9.17, 15) is 0 Å². The van der Waals surface area contributed by atoms with Crippen molar-refractivity contribution < 1.29 is 0 Å². The fourth-order valence-corrected chi connectivity index (χ4v) is 3.85. The lowest BCUT2D eigenvalue weighted by atomic mass is 9.99. The molecule has 1 aliphatic rings. The largest absolute Gasteiger partial charge is 0.326 e. The third-order valence-corrected chi connectivity index (χ3v) is 4.60. The van der Waals surface area contributed by atoms with Crippen LogP contribution in [0.25, 0.3) is 0 Å². The predicted molar refractivity (Wildman–Crippen MR) is 75.3 cm³/mol. The molecule has 1 aliphatic carbocycles. The fraction of sp³-hybridized carbons (Fsp3) is 0.714. The standard InChI is InChI=1S/C14H24N2S/c1-3-16(13-6-4-5-7-13)14(11(2)15)12-8-9-17-10-12/h8-11,13-14H,3-7,15H2,1-2H3. The van der Waals surface area contributed by atoms with Gasteiger partial charge in [-0.15, -0.1) is 0 Å². The first-order valence-corrected chi connectivity index (χ1v) is 7.71. The minimum atomic E-state index is 0.199. The molecule has 0 saturated heterocycles. The highest BCUT2D eigenvalue weighted by Crippen LogP contribution is 2.33. The lowest BCUT2D eigenvalue weighted by Crippen LogP contribution is -2.44. The van der Waals surface area contributed by atoms with Crippen LogP contribution in [0.15, 0.2) is 16.8 Å². The number of hydrogen-bond donors (Lipinski definition) is 1. The molecule has 1 saturated carbocycles. The molecule has 0 amide bonds. The number of hydrogen-bond acceptors (Lipinski definition) is 3. The Balaban J connectivity index is 2.18. The number of rotatable bonds is 5. The predicted octanol–water partition coefficient (Wildman–Crippen LogP) is 3.40. The van der Waals surface area contributed by atoms with Crippen molar-refractivity contribution >= 4 is 11.3 Å². The smallest absolute Gasteiger partial charge is 0.0507 e. The third-order valence-electron chi connectivity index (χ3n) is 3.90. The van der Waals surface area contributed by atoms with Crippen molar-refractivity contribution in [3.8, 4) is 0 Å². The monoisotopic (exact) mass is 252 g/mol. The van der Waals surface area contributed by atoms with Crippen molar-refractivity contribution in [2.45, 2.75) is 57.7 Å². The average Bonchev–Trinajstić information content (AvgIpc) is 2.97. The first-order chi connectivity index (χ1) is 8.24. The maximum atomic E-state index is 6.23. The molecule has 1 aromatic rings. The molecular formula is C14H24N2S. The van der Waals surface area contributed by atoms with E-state index in [1.54, 1.807) is 11.3 Å². The average molecular weight is 252 g/mol. The molecule has 2 unspecified atom stereocenters. The Hall–Kier alpha value is -0.380. The van der Waals surface area contributed by atoms with Crippen LogP contribution in [0.2, 0.25) is 0 Å². The molecule has 2 nitrogen and oxygen atoms in total. The van der Waals surface area contributed by atoms with Crippen molar-refractivity contribution in [2.24, 2.45) is 5.73 Å². The van der Waals surface area contributed by atoms with Gasteiger partial charge in [0.15, 0.2) is 0 Å². The SMILES string of the molecule is CCN(C1CCCC1)C(c1ccsc1)C(C)N. The molecule has 1 aromatic heterocycles. The molecule has 0 spiro atoms. The van der Waals surface area contributed by atoms with E-state index in [-0.39, 0.29) is 6.04 Å². The maximum absolute atomic E-state index is 6.23. The molecule has 0 radical (unpaired) electrons. The fourth-order valence-electron chi connectivity index (χ4n) is 3.16. The van der Waals surface area contributed by atoms with Crippen LogP contribution in [0.4, 0.5) is 0 Å². The lowest BCUT2D eigenvalue weighted by Gasteiger charge is -2.37. The van der Waals surface area contributed by atoms with Gasteiger partial charge in [0.1, 0.15) is 0 Å². The highest BCUT2D eigenvalue weighted by atomic mass is 32.1. The zero-order valence-corrected chi connectivity index (χ0v) is 11.7. The van der Waals surface area contributed by atoms with Gasteiger partial charge in [-0.05, 0) is 48.7 Å². The normalized spacial score (nSPS) is 20.9. The lowest BCUT2D eigenvalue weighted by molar-refractivity contribution is 0.127. The minimum absolute atomic E-state index is 0.199. The van der Waals surface area contributed by atoms with Crippen LogP contribution in [-0.2, 0) is 0 Å². The summed E-state index contributed by atoms with van der Waals surface area (Å²) in [5.41, 5.74) is 7.64. The van der Waals surface area contributed by atoms with Crippen LogP contribution >= 0.6 is 11.3 Å². The van der Waals surface area contributed by atoms with Crippen molar-refractivity contribution in [2.75, 3.05) is 6.54 Å². The molecule has 17 heavy (non-hydrogen) atoms. The van der Waals surface area contributed by atoms with Gasteiger partial charge >= 0.3 is 0 Å². The summed E-state index contributed by atoms with van der Waals surface area (Å²) in [5.74, 6) is 0. The summed E-state index contributed by atoms with van der Waals surface area (Å²) < 4.78 is 0. The van der Waals surface area contributed by atoms with Crippen LogP contribution < -0.4 is 5.73 Å². The first kappa shape index (κ1) is 13.1. The number of likely N-dealkylation sites (N-methyl/N-ethyl adjacent to an activating group) is 1. The van der Waals surface area contributed by atoms with Gasteiger partial charge in [0.2, 0.25) is 0 Å². The summed E-state index contributed by atoms with van der Waals surface area (Å²) in [4.78, 5) is 2.62. The van der Waals surface area contributed by atoms with Gasteiger partial charge in [-0.1, -0.05) is 19.8 Å². The summed E-state index contributed by atoms with van der Waals surface area (Å²) in [6.07, 6.45) is 5.47. The van der Waals surface area contributed by atoms with E-state index in [4.69, 9.17) is 5.73 Å². The Morgan fingerprint density at radius 3 is 2.65 bits per heavy atom. The Kier molecular flexibility index (Phi) is 4.60. The van der Waals surface area contributed by atoms with E-state index < -0.39 is 0 Å². The van der Waals surface area contributed by atoms with Gasteiger partial charge in [-0.25, -0.2) is 0 Å². The van der Waals surface area contributed by atoms with Crippen LogP contribution in [0, 0.1) is 0 Å². The van der Waals surface area contributed by atoms with Gasteiger partial charge in [-0.2, -0.15) is 11.3 Å². The molecule has 2 atom stereocenters. The quantitative estimate of drug-likeness (QED) is 0.870. The Morgan fingerprint density at radius 1 is 1.47 bits per heavy atom. The van der Waals surface area contributed by atoms with Crippen LogP contribution in [-0.4, -0.2) is 23.5 Å². The molecule has 2 rings (SSSR count). The summed E-state index contributed by atoms with van der Waals surface area (Å²) in [7, 11) is 0. The van der Waals surface area contributed by atoms with Crippen LogP contribution in [0.1, 0.15) is 51.1 Å². The molecule has 96 valence electrons. The number of nitrogens with zero attached hydrogens (tertiary/aromatic N) is 1. The third kappa shape index (κ3) is 2.90. The van der Waals surface area contributed by atoms with Crippen molar-refractivity contribution in [1.29, 1.82) is 0 Å². The molecule has 0 aromatic carbocycles. The Morgan fingerprint density at radius 2 is 2.18 bits per heavy atom. The Labute approximate surface area is 109 Å². The van der Waals surface area contributed by atoms with E-state index in [0.29, 0.717) is 6.04 Å². The second kappa shape index (κ2) is 5.98. The Bertz CT molecular complexity index is 315. The van der Waals surface area contributed by atoms with Gasteiger partial charge in [0, 0.05) is 12.1 Å². The van der Waals surface area contributed by atoms with Crippen molar-refractivity contribution in [1.82, 2.24) is 4.90 Å². The summed E-state index contributed by atoms with van der Waals surface area (Å²) in [6, 6.07) is 3.58. The zero-order chi connectivity index (χ0) is 12.3. The molecule has 3 heteroatoms. The van der Waals surface area contributed by atoms with Gasteiger partial charge in [-0.3, -0.25) is 4.90 Å². The first-order valence-electron chi connectivity index (χ1n) is 6.77. The maximum Gasteiger partial charge on any atom is 0.0507 e. The van der Waals surface area contributed by atoms with Crippen molar-refractivity contribution in [3.63, 3.8) is 0 Å². The van der Waals surface area contributed by atoms with Crippen molar-refractivity contribution in [3.05, 3.63) is 22.4 Å². The second-order valence-electron chi connectivity index (χ2n) is 5.13. The minimum Gasteiger partial charge on any atom is -0.326 e. The van der Waals surface area contributed by atoms with E-state index in [2.05, 4.69) is 35.6 Å². The van der Waals surface area contributed by atoms with E-state index in [0.717, 1.165) is 12.6 Å². The number of nitrogens with two attached hydrogens (primary N) is 1. The molecular weight excluding hydrogens is 228 g/mol. The summed E-state index contributed by atoms with van der Waals surface area (Å²) in [5, 5.41) is 4.42. The van der Waals surface area contributed by atoms with Gasteiger partial charge in [0.05, 0.1) is 6.04 Å². The molecule has 1 heterocycles. The van der Waals surface area contributed by atoms with Gasteiger partial charge in [0.25, 0.3) is 0 Å². The summed E-state index contributed by atoms with van der Waals surface area (Å²) in [6.45, 7) is 5.51. The number of thiophene rings is 1. The molecule has 0 bridgehead atoms. The van der Waals surface area contributed by atoms with Crippen LogP contribution in [0.3, 0.4) is 0 Å². The summed E-state index contributed by atoms with van der Waals surface area (Å²) >= 11 is 1.77. The van der Waals surface area contributed by atoms with Gasteiger partial charge < -0.3 is 5.73 Å².